The van der Waals surface area contributed by atoms with E-state index in [1.54, 1.807) is 25.2 Å². The van der Waals surface area contributed by atoms with Gasteiger partial charge in [-0.05, 0) is 24.7 Å². The largest absolute Gasteiger partial charge is 0.496 e. The van der Waals surface area contributed by atoms with Gasteiger partial charge in [-0.15, -0.1) is 0 Å². The Hall–Kier alpha value is -1.89. The highest BCUT2D eigenvalue weighted by molar-refractivity contribution is 5.99. The van der Waals surface area contributed by atoms with Crippen molar-refractivity contribution in [2.75, 3.05) is 20.7 Å². The summed E-state index contributed by atoms with van der Waals surface area (Å²) in [5.74, 6) is 0.364. The van der Waals surface area contributed by atoms with Crippen LogP contribution in [0.2, 0.25) is 0 Å². The van der Waals surface area contributed by atoms with Crippen molar-refractivity contribution in [1.29, 1.82) is 0 Å². The molecule has 1 rings (SSSR count). The van der Waals surface area contributed by atoms with Crippen molar-refractivity contribution in [3.8, 4) is 5.75 Å². The summed E-state index contributed by atoms with van der Waals surface area (Å²) in [6.07, 6.45) is -2.37. The lowest BCUT2D eigenvalue weighted by Gasteiger charge is -2.17. The van der Waals surface area contributed by atoms with Crippen LogP contribution in [-0.2, 0) is 6.54 Å². The molecule has 106 valence electrons. The number of nitrogens with two attached hydrogens (primary N) is 1. The Morgan fingerprint density at radius 1 is 1.53 bits per heavy atom. The molecule has 0 aliphatic carbocycles. The number of ether oxygens (including phenoxy) is 1. The Bertz CT molecular complexity index is 453. The first-order valence-corrected chi connectivity index (χ1v) is 5.59. The third-order valence-electron chi connectivity index (χ3n) is 2.55. The minimum atomic E-state index is -2.37. The fraction of sp³-hybridized carbons (Fsp3) is 0.417. The molecule has 1 aromatic carbocycles. The van der Waals surface area contributed by atoms with Crippen LogP contribution in [0.15, 0.2) is 23.4 Å². The molecule has 0 fully saturated rings. The molecule has 0 saturated heterocycles. The minimum Gasteiger partial charge on any atom is -0.496 e. The SMILES string of the molecule is COc1cc(CN(C)CC(F)F)ccc1/C(N)=N/O. The summed E-state index contributed by atoms with van der Waals surface area (Å²) >= 11 is 0. The van der Waals surface area contributed by atoms with Crippen molar-refractivity contribution in [1.82, 2.24) is 4.90 Å². The number of hydrogen-bond acceptors (Lipinski definition) is 4. The Kier molecular flexibility index (Phi) is 5.50. The topological polar surface area (TPSA) is 71.1 Å². The lowest BCUT2D eigenvalue weighted by atomic mass is 10.1. The molecule has 0 unspecified atom stereocenters. The maximum atomic E-state index is 12.2. The quantitative estimate of drug-likeness (QED) is 0.356. The average Bonchev–Trinajstić information content (AvgIpc) is 2.36. The Balaban J connectivity index is 2.88. The molecule has 0 spiro atoms. The number of amidine groups is 1. The zero-order chi connectivity index (χ0) is 14.4. The molecule has 0 amide bonds. The maximum absolute atomic E-state index is 12.2. The van der Waals surface area contributed by atoms with Crippen LogP contribution in [0.3, 0.4) is 0 Å². The van der Waals surface area contributed by atoms with Crippen LogP contribution in [-0.4, -0.2) is 43.1 Å². The molecule has 0 atom stereocenters. The van der Waals surface area contributed by atoms with Gasteiger partial charge in [0.2, 0.25) is 0 Å². The highest BCUT2D eigenvalue weighted by atomic mass is 19.3. The second-order valence-corrected chi connectivity index (χ2v) is 4.11. The molecule has 5 nitrogen and oxygen atoms in total. The maximum Gasteiger partial charge on any atom is 0.251 e. The molecule has 19 heavy (non-hydrogen) atoms. The smallest absolute Gasteiger partial charge is 0.251 e. The number of alkyl halides is 2. The van der Waals surface area contributed by atoms with Crippen molar-refractivity contribution in [2.45, 2.75) is 13.0 Å². The van der Waals surface area contributed by atoms with Gasteiger partial charge in [0.25, 0.3) is 6.43 Å². The van der Waals surface area contributed by atoms with Crippen LogP contribution in [0, 0.1) is 0 Å². The summed E-state index contributed by atoms with van der Waals surface area (Å²) < 4.78 is 29.6. The Morgan fingerprint density at radius 3 is 2.74 bits per heavy atom. The lowest BCUT2D eigenvalue weighted by Crippen LogP contribution is -2.24. The van der Waals surface area contributed by atoms with Gasteiger partial charge in [-0.2, -0.15) is 0 Å². The highest BCUT2D eigenvalue weighted by Gasteiger charge is 2.12. The molecular weight excluding hydrogens is 256 g/mol. The first kappa shape index (κ1) is 15.2. The first-order valence-electron chi connectivity index (χ1n) is 5.59. The summed E-state index contributed by atoms with van der Waals surface area (Å²) in [5.41, 5.74) is 6.75. The van der Waals surface area contributed by atoms with E-state index in [9.17, 15) is 8.78 Å². The van der Waals surface area contributed by atoms with Gasteiger partial charge in [-0.1, -0.05) is 11.2 Å². The number of halogens is 2. The van der Waals surface area contributed by atoms with Crippen LogP contribution in [0.25, 0.3) is 0 Å². The van der Waals surface area contributed by atoms with E-state index >= 15 is 0 Å². The van der Waals surface area contributed by atoms with Crippen molar-refractivity contribution in [3.05, 3.63) is 29.3 Å². The van der Waals surface area contributed by atoms with Crippen molar-refractivity contribution >= 4 is 5.84 Å². The molecular formula is C12H17F2N3O2. The van der Waals surface area contributed by atoms with Crippen LogP contribution in [0.4, 0.5) is 8.78 Å². The van der Waals surface area contributed by atoms with Crippen molar-refractivity contribution < 1.29 is 18.7 Å². The fourth-order valence-corrected chi connectivity index (χ4v) is 1.71. The van der Waals surface area contributed by atoms with Gasteiger partial charge in [-0.3, -0.25) is 4.90 Å². The van der Waals surface area contributed by atoms with E-state index in [0.29, 0.717) is 17.9 Å². The number of benzene rings is 1. The zero-order valence-corrected chi connectivity index (χ0v) is 10.8. The van der Waals surface area contributed by atoms with E-state index in [4.69, 9.17) is 15.7 Å². The van der Waals surface area contributed by atoms with Gasteiger partial charge in [0.15, 0.2) is 5.84 Å². The Morgan fingerprint density at radius 2 is 2.21 bits per heavy atom. The molecule has 0 aromatic heterocycles. The third-order valence-corrected chi connectivity index (χ3v) is 2.55. The molecule has 0 radical (unpaired) electrons. The minimum absolute atomic E-state index is 0.0654. The monoisotopic (exact) mass is 273 g/mol. The third kappa shape index (κ3) is 4.36. The van der Waals surface area contributed by atoms with Gasteiger partial charge in [0.05, 0.1) is 19.2 Å². The van der Waals surface area contributed by atoms with Crippen LogP contribution in [0.1, 0.15) is 11.1 Å². The van der Waals surface area contributed by atoms with Crippen molar-refractivity contribution in [2.24, 2.45) is 10.9 Å². The number of methoxy groups -OCH3 is 1. The van der Waals surface area contributed by atoms with E-state index in [2.05, 4.69) is 5.16 Å². The van der Waals surface area contributed by atoms with Gasteiger partial charge in [0, 0.05) is 6.54 Å². The normalized spacial score (nSPS) is 12.2. The molecule has 1 aromatic rings. The predicted octanol–water partition coefficient (Wildman–Crippen LogP) is 1.49. The molecule has 0 aliphatic rings. The van der Waals surface area contributed by atoms with Crippen molar-refractivity contribution in [3.63, 3.8) is 0 Å². The molecule has 0 heterocycles. The predicted molar refractivity (Wildman–Crippen MR) is 67.8 cm³/mol. The number of rotatable bonds is 6. The summed E-state index contributed by atoms with van der Waals surface area (Å²) in [5, 5.41) is 11.5. The fourth-order valence-electron chi connectivity index (χ4n) is 1.71. The molecule has 0 aliphatic heterocycles. The zero-order valence-electron chi connectivity index (χ0n) is 10.8. The lowest BCUT2D eigenvalue weighted by molar-refractivity contribution is 0.0975. The summed E-state index contributed by atoms with van der Waals surface area (Å²) in [4.78, 5) is 1.50. The molecule has 0 saturated carbocycles. The second-order valence-electron chi connectivity index (χ2n) is 4.11. The summed E-state index contributed by atoms with van der Waals surface area (Å²) in [6, 6.07) is 5.02. The van der Waals surface area contributed by atoms with Crippen LogP contribution < -0.4 is 10.5 Å². The number of nitrogens with zero attached hydrogens (tertiary/aromatic N) is 2. The first-order chi connectivity index (χ1) is 8.97. The van der Waals surface area contributed by atoms with Gasteiger partial charge in [-0.25, -0.2) is 8.78 Å². The van der Waals surface area contributed by atoms with Crippen LogP contribution >= 0.6 is 0 Å². The molecule has 3 N–H and O–H groups in total. The van der Waals surface area contributed by atoms with E-state index in [1.807, 2.05) is 0 Å². The second kappa shape index (κ2) is 6.89. The molecule has 7 heteroatoms. The summed E-state index contributed by atoms with van der Waals surface area (Å²) in [6.45, 7) is 0.0570. The van der Waals surface area contributed by atoms with Crippen LogP contribution in [0.5, 0.6) is 5.75 Å². The van der Waals surface area contributed by atoms with Gasteiger partial charge < -0.3 is 15.7 Å². The molecule has 0 bridgehead atoms. The number of hydrogen-bond donors (Lipinski definition) is 2. The van der Waals surface area contributed by atoms with E-state index in [0.717, 1.165) is 5.56 Å². The summed E-state index contributed by atoms with van der Waals surface area (Å²) in [7, 11) is 3.06. The highest BCUT2D eigenvalue weighted by Crippen LogP contribution is 2.21. The Labute approximate surface area is 110 Å². The standard InChI is InChI=1S/C12H17F2N3O2/c1-17(7-11(13)14)6-8-3-4-9(12(15)16-18)10(5-8)19-2/h3-5,11,18H,6-7H2,1-2H3,(H2,15,16). The number of oxime groups is 1. The van der Waals surface area contributed by atoms with E-state index < -0.39 is 6.43 Å². The van der Waals surface area contributed by atoms with E-state index in [1.165, 1.54) is 12.0 Å². The van der Waals surface area contributed by atoms with Gasteiger partial charge >= 0.3 is 0 Å². The van der Waals surface area contributed by atoms with Gasteiger partial charge in [0.1, 0.15) is 5.75 Å². The van der Waals surface area contributed by atoms with E-state index in [-0.39, 0.29) is 12.4 Å². The average molecular weight is 273 g/mol.